The number of hydrogen-bond acceptors (Lipinski definition) is 5. The maximum atomic E-state index is 10.2. The van der Waals surface area contributed by atoms with Gasteiger partial charge in [0, 0.05) is 7.11 Å². The van der Waals surface area contributed by atoms with Crippen LogP contribution in [-0.2, 0) is 23.7 Å². The van der Waals surface area contributed by atoms with Crippen LogP contribution >= 0.6 is 12.6 Å². The number of hydrogen-bond donors (Lipinski definition) is 1. The van der Waals surface area contributed by atoms with E-state index in [0.717, 1.165) is 0 Å². The summed E-state index contributed by atoms with van der Waals surface area (Å²) in [6.45, 7) is 0.198. The Bertz CT molecular complexity index is 119. The molecular weight excluding hydrogens is 184 g/mol. The molecule has 0 bridgehead atoms. The molecular formula is C6H12O5S. The molecule has 0 heterocycles. The fourth-order valence-electron chi connectivity index (χ4n) is 0.398. The molecule has 0 saturated heterocycles. The number of methoxy groups -OCH3 is 1. The first-order valence-corrected chi connectivity index (χ1v) is 3.66. The Balaban J connectivity index is 2.86. The molecule has 0 aromatic heterocycles. The molecule has 0 spiro atoms. The highest BCUT2D eigenvalue weighted by Gasteiger charge is 1.93. The summed E-state index contributed by atoms with van der Waals surface area (Å²) in [6, 6.07) is 0. The molecule has 6 heteroatoms. The number of thiol groups is 1. The van der Waals surface area contributed by atoms with Gasteiger partial charge >= 0.3 is 0 Å². The summed E-state index contributed by atoms with van der Waals surface area (Å²) in [5.74, 6) is 0. The van der Waals surface area contributed by atoms with Crippen molar-refractivity contribution in [3.8, 4) is 0 Å². The van der Waals surface area contributed by atoms with Crippen molar-refractivity contribution in [1.29, 1.82) is 0 Å². The summed E-state index contributed by atoms with van der Waals surface area (Å²) in [5, 5.41) is -0.337. The van der Waals surface area contributed by atoms with Crippen LogP contribution in [0.5, 0.6) is 0 Å². The Kier molecular flexibility index (Phi) is 8.85. The van der Waals surface area contributed by atoms with Crippen molar-refractivity contribution in [2.75, 3.05) is 34.1 Å². The van der Waals surface area contributed by atoms with Crippen LogP contribution < -0.4 is 0 Å². The first-order chi connectivity index (χ1) is 5.77. The molecule has 0 fully saturated rings. The van der Waals surface area contributed by atoms with Gasteiger partial charge in [0.05, 0.1) is 0 Å². The Morgan fingerprint density at radius 2 is 1.75 bits per heavy atom. The van der Waals surface area contributed by atoms with Gasteiger partial charge in [-0.25, -0.2) is 0 Å². The van der Waals surface area contributed by atoms with Gasteiger partial charge in [0.1, 0.15) is 20.2 Å². The Morgan fingerprint density at radius 1 is 1.17 bits per heavy atom. The van der Waals surface area contributed by atoms with Gasteiger partial charge in [-0.05, 0) is 0 Å². The lowest BCUT2D eigenvalue weighted by Gasteiger charge is -2.04. The lowest BCUT2D eigenvalue weighted by atomic mass is 10.8. The molecule has 0 aromatic carbocycles. The van der Waals surface area contributed by atoms with Gasteiger partial charge in [-0.1, -0.05) is 0 Å². The lowest BCUT2D eigenvalue weighted by Crippen LogP contribution is -2.09. The molecule has 0 unspecified atom stereocenters. The van der Waals surface area contributed by atoms with Crippen LogP contribution in [0, 0.1) is 0 Å². The van der Waals surface area contributed by atoms with Crippen LogP contribution in [0.15, 0.2) is 0 Å². The van der Waals surface area contributed by atoms with Gasteiger partial charge in [0.25, 0.3) is 0 Å². The first kappa shape index (κ1) is 11.9. The average Bonchev–Trinajstić information content (AvgIpc) is 2.02. The average molecular weight is 196 g/mol. The van der Waals surface area contributed by atoms with Gasteiger partial charge in [-0.3, -0.25) is 4.79 Å². The minimum atomic E-state index is -0.337. The van der Waals surface area contributed by atoms with E-state index in [4.69, 9.17) is 14.2 Å². The van der Waals surface area contributed by atoms with Gasteiger partial charge in [-0.2, -0.15) is 0 Å². The maximum Gasteiger partial charge on any atom is 0.211 e. The van der Waals surface area contributed by atoms with Crippen molar-refractivity contribution in [3.63, 3.8) is 0 Å². The van der Waals surface area contributed by atoms with E-state index in [1.54, 1.807) is 0 Å². The van der Waals surface area contributed by atoms with Crippen LogP contribution in [0.2, 0.25) is 0 Å². The summed E-state index contributed by atoms with van der Waals surface area (Å²) in [6.07, 6.45) is 0. The summed E-state index contributed by atoms with van der Waals surface area (Å²) in [5.41, 5.74) is 0. The maximum absolute atomic E-state index is 10.2. The number of ether oxygens (including phenoxy) is 4. The molecule has 12 heavy (non-hydrogen) atoms. The highest BCUT2D eigenvalue weighted by Crippen LogP contribution is 1.84. The molecule has 0 radical (unpaired) electrons. The van der Waals surface area contributed by atoms with Crippen molar-refractivity contribution >= 4 is 17.7 Å². The molecule has 0 saturated carbocycles. The fraction of sp³-hybridized carbons (Fsp3) is 0.833. The Hall–Kier alpha value is -0.140. The van der Waals surface area contributed by atoms with E-state index in [1.807, 2.05) is 0 Å². The van der Waals surface area contributed by atoms with E-state index in [0.29, 0.717) is 0 Å². The predicted octanol–water partition coefficient (Wildman–Crippen LogP) is 0.0115. The van der Waals surface area contributed by atoms with Crippen molar-refractivity contribution in [1.82, 2.24) is 0 Å². The normalized spacial score (nSPS) is 10.2. The zero-order valence-electron chi connectivity index (χ0n) is 6.82. The van der Waals surface area contributed by atoms with Gasteiger partial charge in [0.15, 0.2) is 6.79 Å². The number of carbonyl (C=O) groups is 1. The van der Waals surface area contributed by atoms with E-state index in [1.165, 1.54) is 7.11 Å². The third kappa shape index (κ3) is 9.86. The molecule has 0 amide bonds. The van der Waals surface area contributed by atoms with Gasteiger partial charge in [0.2, 0.25) is 5.12 Å². The van der Waals surface area contributed by atoms with Crippen molar-refractivity contribution in [2.45, 2.75) is 0 Å². The molecule has 0 aliphatic rings. The van der Waals surface area contributed by atoms with E-state index in [2.05, 4.69) is 17.4 Å². The van der Waals surface area contributed by atoms with Crippen molar-refractivity contribution in [2.24, 2.45) is 0 Å². The smallest absolute Gasteiger partial charge is 0.211 e. The first-order valence-electron chi connectivity index (χ1n) is 3.21. The van der Waals surface area contributed by atoms with Crippen molar-refractivity contribution in [3.05, 3.63) is 0 Å². The molecule has 0 atom stereocenters. The second kappa shape index (κ2) is 8.95. The highest BCUT2D eigenvalue weighted by molar-refractivity contribution is 7.96. The minimum Gasteiger partial charge on any atom is -0.359 e. The van der Waals surface area contributed by atoms with E-state index >= 15 is 0 Å². The largest absolute Gasteiger partial charge is 0.359 e. The van der Waals surface area contributed by atoms with Crippen LogP contribution in [0.3, 0.4) is 0 Å². The quantitative estimate of drug-likeness (QED) is 0.337. The van der Waals surface area contributed by atoms with E-state index < -0.39 is 0 Å². The monoisotopic (exact) mass is 196 g/mol. The van der Waals surface area contributed by atoms with Crippen LogP contribution in [0.25, 0.3) is 0 Å². The van der Waals surface area contributed by atoms with Crippen LogP contribution in [-0.4, -0.2) is 39.2 Å². The van der Waals surface area contributed by atoms with Crippen LogP contribution in [0.1, 0.15) is 0 Å². The predicted molar refractivity (Wildman–Crippen MR) is 43.7 cm³/mol. The third-order valence-electron chi connectivity index (χ3n) is 0.760. The van der Waals surface area contributed by atoms with E-state index in [9.17, 15) is 4.79 Å². The Labute approximate surface area is 76.3 Å². The molecule has 0 aliphatic carbocycles. The summed E-state index contributed by atoms with van der Waals surface area (Å²) < 4.78 is 18.8. The second-order valence-corrected chi connectivity index (χ2v) is 2.29. The third-order valence-corrected chi connectivity index (χ3v) is 0.889. The Morgan fingerprint density at radius 3 is 2.33 bits per heavy atom. The van der Waals surface area contributed by atoms with Gasteiger partial charge < -0.3 is 18.9 Å². The highest BCUT2D eigenvalue weighted by atomic mass is 32.1. The summed E-state index contributed by atoms with van der Waals surface area (Å²) >= 11 is 3.49. The summed E-state index contributed by atoms with van der Waals surface area (Å²) in [4.78, 5) is 10.2. The fourth-order valence-corrected chi connectivity index (χ4v) is 0.489. The minimum absolute atomic E-state index is 0.00993. The number of rotatable bonds is 8. The summed E-state index contributed by atoms with van der Waals surface area (Å²) in [7, 11) is 1.51. The zero-order valence-corrected chi connectivity index (χ0v) is 7.71. The molecule has 0 N–H and O–H groups in total. The lowest BCUT2D eigenvalue weighted by molar-refractivity contribution is -0.165. The van der Waals surface area contributed by atoms with Crippen LogP contribution in [0.4, 0.5) is 0 Å². The van der Waals surface area contributed by atoms with Crippen molar-refractivity contribution < 1.29 is 23.7 Å². The zero-order chi connectivity index (χ0) is 9.23. The molecule has 0 aromatic rings. The SMILES string of the molecule is COCOCOCOCC(=O)S. The topological polar surface area (TPSA) is 54.0 Å². The molecule has 72 valence electrons. The molecule has 0 aliphatic heterocycles. The van der Waals surface area contributed by atoms with E-state index in [-0.39, 0.29) is 32.1 Å². The second-order valence-electron chi connectivity index (χ2n) is 1.79. The number of carbonyl (C=O) groups excluding carboxylic acids is 1. The molecule has 5 nitrogen and oxygen atoms in total. The standard InChI is InChI=1S/C6H12O5S/c1-8-3-10-5-11-4-9-2-6(7)12/h2-5H2,1H3,(H,7,12). The van der Waals surface area contributed by atoms with Gasteiger partial charge in [-0.15, -0.1) is 12.6 Å². The molecule has 0 rings (SSSR count).